The molecule has 3 aliphatic rings. The van der Waals surface area contributed by atoms with Gasteiger partial charge in [-0.05, 0) is 38.1 Å². The first-order chi connectivity index (χ1) is 12.1. The number of amides is 4. The van der Waals surface area contributed by atoms with Crippen LogP contribution in [0.5, 0.6) is 11.5 Å². The summed E-state index contributed by atoms with van der Waals surface area (Å²) >= 11 is 0. The van der Waals surface area contributed by atoms with Crippen LogP contribution in [0.25, 0.3) is 0 Å². The first kappa shape index (κ1) is 15.9. The number of likely N-dealkylation sites (tertiary alicyclic amines) is 1. The monoisotopic (exact) mass is 345 g/mol. The summed E-state index contributed by atoms with van der Waals surface area (Å²) in [4.78, 5) is 37.7. The van der Waals surface area contributed by atoms with Gasteiger partial charge in [0, 0.05) is 6.54 Å². The summed E-state index contributed by atoms with van der Waals surface area (Å²) in [6.45, 7) is 2.29. The summed E-state index contributed by atoms with van der Waals surface area (Å²) < 4.78 is 11.7. The number of hydrogen-bond acceptors (Lipinski definition) is 6. The predicted molar refractivity (Wildman–Crippen MR) is 86.1 cm³/mol. The molecule has 0 saturated carbocycles. The highest BCUT2D eigenvalue weighted by atomic mass is 16.6. The van der Waals surface area contributed by atoms with E-state index in [-0.39, 0.29) is 6.10 Å². The molecule has 1 atom stereocenters. The largest absolute Gasteiger partial charge is 0.486 e. The molecular formula is C17H19N3O5. The number of rotatable bonds is 2. The predicted octanol–water partition coefficient (Wildman–Crippen LogP) is 0.275. The van der Waals surface area contributed by atoms with Crippen LogP contribution >= 0.6 is 0 Å². The Balaban J connectivity index is 1.36. The highest BCUT2D eigenvalue weighted by Crippen LogP contribution is 2.35. The van der Waals surface area contributed by atoms with Gasteiger partial charge in [-0.15, -0.1) is 0 Å². The van der Waals surface area contributed by atoms with Crippen molar-refractivity contribution in [2.24, 2.45) is 5.41 Å². The van der Waals surface area contributed by atoms with Crippen molar-refractivity contribution in [3.63, 3.8) is 0 Å². The minimum absolute atomic E-state index is 0.0977. The number of piperidine rings is 1. The second-order valence-electron chi connectivity index (χ2n) is 6.62. The highest BCUT2D eigenvalue weighted by molar-refractivity contribution is 6.19. The second-order valence-corrected chi connectivity index (χ2v) is 6.62. The van der Waals surface area contributed by atoms with Gasteiger partial charge >= 0.3 is 6.03 Å². The Labute approximate surface area is 144 Å². The van der Waals surface area contributed by atoms with E-state index in [0.29, 0.717) is 39.1 Å². The lowest BCUT2D eigenvalue weighted by atomic mass is 9.75. The third kappa shape index (κ3) is 2.82. The summed E-state index contributed by atoms with van der Waals surface area (Å²) in [6.07, 6.45) is 0.657. The van der Waals surface area contributed by atoms with E-state index in [1.54, 1.807) is 0 Å². The number of urea groups is 1. The maximum atomic E-state index is 12.2. The Hall–Kier alpha value is -2.61. The van der Waals surface area contributed by atoms with E-state index < -0.39 is 23.3 Å². The summed E-state index contributed by atoms with van der Waals surface area (Å²) in [5.74, 6) is 0.493. The molecule has 0 bridgehead atoms. The number of barbiturate groups is 1. The number of carbonyl (C=O) groups excluding carboxylic acids is 3. The van der Waals surface area contributed by atoms with Crippen LogP contribution in [0.2, 0.25) is 0 Å². The fourth-order valence-electron chi connectivity index (χ4n) is 3.59. The fourth-order valence-corrected chi connectivity index (χ4v) is 3.59. The number of hydrogen-bond donors (Lipinski definition) is 2. The topological polar surface area (TPSA) is 97.0 Å². The van der Waals surface area contributed by atoms with Gasteiger partial charge in [0.1, 0.15) is 18.1 Å². The molecular weight excluding hydrogens is 326 g/mol. The van der Waals surface area contributed by atoms with E-state index in [0.717, 1.165) is 11.5 Å². The molecule has 1 spiro atoms. The van der Waals surface area contributed by atoms with Crippen LogP contribution in [-0.4, -0.2) is 55.1 Å². The SMILES string of the molecule is O=C1NC(=O)C2(CCN(CC3COc4ccccc4O3)CC2)C(=O)N1. The molecule has 0 aliphatic carbocycles. The number of carbonyl (C=O) groups is 3. The minimum atomic E-state index is -1.14. The van der Waals surface area contributed by atoms with Gasteiger partial charge in [0.2, 0.25) is 11.8 Å². The molecule has 25 heavy (non-hydrogen) atoms. The summed E-state index contributed by atoms with van der Waals surface area (Å²) in [5, 5.41) is 4.41. The van der Waals surface area contributed by atoms with E-state index in [9.17, 15) is 14.4 Å². The first-order valence-corrected chi connectivity index (χ1v) is 8.34. The average Bonchev–Trinajstić information content (AvgIpc) is 2.61. The van der Waals surface area contributed by atoms with Gasteiger partial charge in [0.25, 0.3) is 0 Å². The molecule has 8 heteroatoms. The van der Waals surface area contributed by atoms with Crippen LogP contribution < -0.4 is 20.1 Å². The Morgan fingerprint density at radius 1 is 1.04 bits per heavy atom. The molecule has 2 N–H and O–H groups in total. The van der Waals surface area contributed by atoms with Crippen LogP contribution in [-0.2, 0) is 9.59 Å². The summed E-state index contributed by atoms with van der Waals surface area (Å²) in [7, 11) is 0. The van der Waals surface area contributed by atoms with E-state index in [1.165, 1.54) is 0 Å². The lowest BCUT2D eigenvalue weighted by Crippen LogP contribution is -2.65. The molecule has 8 nitrogen and oxygen atoms in total. The smallest absolute Gasteiger partial charge is 0.328 e. The van der Waals surface area contributed by atoms with Crippen LogP contribution in [0.4, 0.5) is 4.79 Å². The molecule has 0 aromatic heterocycles. The highest BCUT2D eigenvalue weighted by Gasteiger charge is 2.51. The Kier molecular flexibility index (Phi) is 3.84. The normalized spacial score (nSPS) is 25.4. The molecule has 0 radical (unpaired) electrons. The van der Waals surface area contributed by atoms with Crippen LogP contribution in [0.1, 0.15) is 12.8 Å². The Morgan fingerprint density at radius 2 is 1.68 bits per heavy atom. The maximum absolute atomic E-state index is 12.2. The fraction of sp³-hybridized carbons (Fsp3) is 0.471. The molecule has 4 amide bonds. The van der Waals surface area contributed by atoms with Crippen LogP contribution in [0.3, 0.4) is 0 Å². The minimum Gasteiger partial charge on any atom is -0.486 e. The molecule has 1 unspecified atom stereocenters. The van der Waals surface area contributed by atoms with Gasteiger partial charge in [-0.3, -0.25) is 25.1 Å². The second kappa shape index (κ2) is 6.03. The number of fused-ring (bicyclic) bond motifs is 1. The van der Waals surface area contributed by atoms with Crippen molar-refractivity contribution in [3.05, 3.63) is 24.3 Å². The quantitative estimate of drug-likeness (QED) is 0.747. The molecule has 2 fully saturated rings. The lowest BCUT2D eigenvalue weighted by Gasteiger charge is -2.41. The number of nitrogens with zero attached hydrogens (tertiary/aromatic N) is 1. The third-order valence-corrected chi connectivity index (χ3v) is 5.06. The maximum Gasteiger partial charge on any atom is 0.328 e. The standard InChI is InChI=1S/C17H19N3O5/c21-14-17(15(22)19-16(23)18-14)5-7-20(8-6-17)9-11-10-24-12-3-1-2-4-13(12)25-11/h1-4,11H,5-10H2,(H2,18,19,21,22,23). The number of imide groups is 2. The Morgan fingerprint density at radius 3 is 2.36 bits per heavy atom. The average molecular weight is 345 g/mol. The van der Waals surface area contributed by atoms with Gasteiger partial charge in [-0.2, -0.15) is 0 Å². The van der Waals surface area contributed by atoms with Gasteiger partial charge in [0.05, 0.1) is 0 Å². The van der Waals surface area contributed by atoms with E-state index in [1.807, 2.05) is 24.3 Å². The molecule has 132 valence electrons. The number of benzene rings is 1. The van der Waals surface area contributed by atoms with Gasteiger partial charge < -0.3 is 9.47 Å². The van der Waals surface area contributed by atoms with Crippen molar-refractivity contribution in [3.8, 4) is 11.5 Å². The molecule has 1 aromatic carbocycles. The van der Waals surface area contributed by atoms with Crippen LogP contribution in [0, 0.1) is 5.41 Å². The van der Waals surface area contributed by atoms with Crippen molar-refractivity contribution in [1.29, 1.82) is 0 Å². The number of para-hydroxylation sites is 2. The molecule has 3 aliphatic heterocycles. The van der Waals surface area contributed by atoms with E-state index in [2.05, 4.69) is 15.5 Å². The molecule has 4 rings (SSSR count). The molecule has 3 heterocycles. The molecule has 1 aromatic rings. The van der Waals surface area contributed by atoms with Crippen molar-refractivity contribution in [2.75, 3.05) is 26.2 Å². The van der Waals surface area contributed by atoms with E-state index >= 15 is 0 Å². The van der Waals surface area contributed by atoms with E-state index in [4.69, 9.17) is 9.47 Å². The van der Waals surface area contributed by atoms with Gasteiger partial charge in [-0.1, -0.05) is 12.1 Å². The zero-order chi connectivity index (χ0) is 17.4. The number of ether oxygens (including phenoxy) is 2. The van der Waals surface area contributed by atoms with Crippen molar-refractivity contribution < 1.29 is 23.9 Å². The van der Waals surface area contributed by atoms with Crippen molar-refractivity contribution >= 4 is 17.8 Å². The molecule has 2 saturated heterocycles. The lowest BCUT2D eigenvalue weighted by molar-refractivity contribution is -0.148. The third-order valence-electron chi connectivity index (χ3n) is 5.06. The summed E-state index contributed by atoms with van der Waals surface area (Å²) in [5.41, 5.74) is -1.14. The van der Waals surface area contributed by atoms with Crippen LogP contribution in [0.15, 0.2) is 24.3 Å². The van der Waals surface area contributed by atoms with Gasteiger partial charge in [0.15, 0.2) is 11.5 Å². The van der Waals surface area contributed by atoms with Gasteiger partial charge in [-0.25, -0.2) is 4.79 Å². The summed E-state index contributed by atoms with van der Waals surface area (Å²) in [6, 6.07) is 6.81. The van der Waals surface area contributed by atoms with Crippen molar-refractivity contribution in [2.45, 2.75) is 18.9 Å². The zero-order valence-corrected chi connectivity index (χ0v) is 13.6. The Bertz CT molecular complexity index is 705. The zero-order valence-electron chi connectivity index (χ0n) is 13.6. The first-order valence-electron chi connectivity index (χ1n) is 8.34. The van der Waals surface area contributed by atoms with Crippen molar-refractivity contribution in [1.82, 2.24) is 15.5 Å². The number of nitrogens with one attached hydrogen (secondary N) is 2.